The molecule has 1 unspecified atom stereocenters. The van der Waals surface area contributed by atoms with Gasteiger partial charge in [0.1, 0.15) is 6.33 Å². The van der Waals surface area contributed by atoms with Crippen molar-refractivity contribution in [3.05, 3.63) is 18.1 Å². The van der Waals surface area contributed by atoms with Crippen LogP contribution in [0.3, 0.4) is 0 Å². The van der Waals surface area contributed by atoms with E-state index < -0.39 is 0 Å². The van der Waals surface area contributed by atoms with Gasteiger partial charge in [0.15, 0.2) is 0 Å². The predicted molar refractivity (Wildman–Crippen MR) is 63.0 cm³/mol. The van der Waals surface area contributed by atoms with Crippen molar-refractivity contribution in [1.29, 1.82) is 0 Å². The summed E-state index contributed by atoms with van der Waals surface area (Å²) in [6.45, 7) is 3.64. The number of hydrogen-bond donors (Lipinski definition) is 1. The third kappa shape index (κ3) is 2.08. The lowest BCUT2D eigenvalue weighted by atomic mass is 10.2. The van der Waals surface area contributed by atoms with Crippen LogP contribution in [0.25, 0.3) is 5.65 Å². The second kappa shape index (κ2) is 4.29. The van der Waals surface area contributed by atoms with Crippen molar-refractivity contribution in [2.24, 2.45) is 0 Å². The van der Waals surface area contributed by atoms with Crippen molar-refractivity contribution in [2.75, 3.05) is 18.5 Å². The van der Waals surface area contributed by atoms with Gasteiger partial charge in [-0.1, -0.05) is 0 Å². The number of aryl methyl sites for hydroxylation is 1. The third-order valence-corrected chi connectivity index (χ3v) is 2.93. The molecule has 1 aliphatic rings. The Morgan fingerprint density at radius 3 is 3.35 bits per heavy atom. The fraction of sp³-hybridized carbons (Fsp3) is 0.545. The molecule has 0 saturated carbocycles. The maximum atomic E-state index is 5.58. The van der Waals surface area contributed by atoms with Crippen molar-refractivity contribution >= 4 is 11.3 Å². The molecule has 1 N–H and O–H groups in total. The Bertz CT molecular complexity index is 518. The highest BCUT2D eigenvalue weighted by molar-refractivity contribution is 5.66. The maximum absolute atomic E-state index is 5.58. The summed E-state index contributed by atoms with van der Waals surface area (Å²) in [4.78, 5) is 0. The lowest BCUT2D eigenvalue weighted by Crippen LogP contribution is -2.19. The average molecular weight is 233 g/mol. The van der Waals surface area contributed by atoms with E-state index in [1.54, 1.807) is 10.8 Å². The Morgan fingerprint density at radius 1 is 1.59 bits per heavy atom. The number of ether oxygens (including phenoxy) is 1. The van der Waals surface area contributed by atoms with Gasteiger partial charge in [-0.05, 0) is 25.8 Å². The molecule has 3 rings (SSSR count). The fourth-order valence-electron chi connectivity index (χ4n) is 2.11. The molecule has 0 amide bonds. The molecule has 0 spiro atoms. The van der Waals surface area contributed by atoms with E-state index in [1.165, 1.54) is 0 Å². The third-order valence-electron chi connectivity index (χ3n) is 2.93. The lowest BCUT2D eigenvalue weighted by molar-refractivity contribution is 0.120. The Labute approximate surface area is 99.0 Å². The Morgan fingerprint density at radius 2 is 2.53 bits per heavy atom. The second-order valence-corrected chi connectivity index (χ2v) is 4.31. The van der Waals surface area contributed by atoms with Crippen molar-refractivity contribution in [3.63, 3.8) is 0 Å². The average Bonchev–Trinajstić information content (AvgIpc) is 2.95. The molecule has 1 fully saturated rings. The molecular weight excluding hydrogens is 218 g/mol. The molecule has 1 atom stereocenters. The molecule has 90 valence electrons. The molecule has 6 heteroatoms. The zero-order chi connectivity index (χ0) is 11.7. The first-order chi connectivity index (χ1) is 8.33. The standard InChI is InChI=1S/C11H15N5O/c1-8-5-10(11-14-13-7-16(11)15-8)12-6-9-3-2-4-17-9/h5,7,9,12H,2-4,6H2,1H3. The largest absolute Gasteiger partial charge is 0.379 e. The van der Waals surface area contributed by atoms with Crippen LogP contribution < -0.4 is 5.32 Å². The molecular formula is C11H15N5O. The van der Waals surface area contributed by atoms with E-state index in [2.05, 4.69) is 20.6 Å². The Balaban J connectivity index is 1.81. The van der Waals surface area contributed by atoms with Crippen molar-refractivity contribution in [2.45, 2.75) is 25.9 Å². The topological polar surface area (TPSA) is 64.3 Å². The summed E-state index contributed by atoms with van der Waals surface area (Å²) in [6.07, 6.45) is 4.20. The zero-order valence-electron chi connectivity index (χ0n) is 9.76. The van der Waals surface area contributed by atoms with E-state index in [9.17, 15) is 0 Å². The van der Waals surface area contributed by atoms with Crippen LogP contribution in [0.5, 0.6) is 0 Å². The van der Waals surface area contributed by atoms with Gasteiger partial charge in [0.25, 0.3) is 0 Å². The minimum absolute atomic E-state index is 0.312. The first-order valence-electron chi connectivity index (χ1n) is 5.86. The van der Waals surface area contributed by atoms with Gasteiger partial charge < -0.3 is 10.1 Å². The van der Waals surface area contributed by atoms with Gasteiger partial charge in [-0.3, -0.25) is 0 Å². The molecule has 3 heterocycles. The number of nitrogens with zero attached hydrogens (tertiary/aromatic N) is 4. The highest BCUT2D eigenvalue weighted by Crippen LogP contribution is 2.17. The molecule has 0 aliphatic carbocycles. The Hall–Kier alpha value is -1.69. The summed E-state index contributed by atoms with van der Waals surface area (Å²) in [5.74, 6) is 0. The SMILES string of the molecule is Cc1cc(NCC2CCCO2)c2nncn2n1. The summed E-state index contributed by atoms with van der Waals surface area (Å²) in [6, 6.07) is 1.99. The van der Waals surface area contributed by atoms with Crippen molar-refractivity contribution in [1.82, 2.24) is 19.8 Å². The molecule has 0 radical (unpaired) electrons. The van der Waals surface area contributed by atoms with E-state index >= 15 is 0 Å². The van der Waals surface area contributed by atoms with Gasteiger partial charge in [-0.2, -0.15) is 9.61 Å². The van der Waals surface area contributed by atoms with Crippen molar-refractivity contribution in [3.8, 4) is 0 Å². The highest BCUT2D eigenvalue weighted by Gasteiger charge is 2.16. The quantitative estimate of drug-likeness (QED) is 0.857. The molecule has 1 saturated heterocycles. The molecule has 1 aliphatic heterocycles. The number of hydrogen-bond acceptors (Lipinski definition) is 5. The normalized spacial score (nSPS) is 19.9. The minimum atomic E-state index is 0.312. The van der Waals surface area contributed by atoms with E-state index in [0.717, 1.165) is 43.0 Å². The van der Waals surface area contributed by atoms with Crippen molar-refractivity contribution < 1.29 is 4.74 Å². The van der Waals surface area contributed by atoms with Gasteiger partial charge in [-0.15, -0.1) is 10.2 Å². The van der Waals surface area contributed by atoms with E-state index in [0.29, 0.717) is 6.10 Å². The van der Waals surface area contributed by atoms with E-state index in [-0.39, 0.29) is 0 Å². The van der Waals surface area contributed by atoms with Crippen LogP contribution in [-0.2, 0) is 4.74 Å². The summed E-state index contributed by atoms with van der Waals surface area (Å²) < 4.78 is 7.27. The van der Waals surface area contributed by atoms with Gasteiger partial charge >= 0.3 is 0 Å². The van der Waals surface area contributed by atoms with Crippen LogP contribution in [0.15, 0.2) is 12.4 Å². The summed E-state index contributed by atoms with van der Waals surface area (Å²) >= 11 is 0. The fourth-order valence-corrected chi connectivity index (χ4v) is 2.11. The van der Waals surface area contributed by atoms with Crippen LogP contribution >= 0.6 is 0 Å². The van der Waals surface area contributed by atoms with E-state index in [4.69, 9.17) is 4.74 Å². The lowest BCUT2D eigenvalue weighted by Gasteiger charge is -2.12. The molecule has 2 aromatic heterocycles. The zero-order valence-corrected chi connectivity index (χ0v) is 9.76. The molecule has 17 heavy (non-hydrogen) atoms. The number of aromatic nitrogens is 4. The number of rotatable bonds is 3. The predicted octanol–water partition coefficient (Wildman–Crippen LogP) is 1.02. The minimum Gasteiger partial charge on any atom is -0.379 e. The molecule has 2 aromatic rings. The Kier molecular flexibility index (Phi) is 2.64. The van der Waals surface area contributed by atoms with Crippen LogP contribution in [0.2, 0.25) is 0 Å². The van der Waals surface area contributed by atoms with Crippen LogP contribution in [-0.4, -0.2) is 39.1 Å². The van der Waals surface area contributed by atoms with Crippen LogP contribution in [0.1, 0.15) is 18.5 Å². The number of nitrogens with one attached hydrogen (secondary N) is 1. The van der Waals surface area contributed by atoms with Crippen LogP contribution in [0, 0.1) is 6.92 Å². The molecule has 0 bridgehead atoms. The summed E-state index contributed by atoms with van der Waals surface area (Å²) in [7, 11) is 0. The number of anilines is 1. The van der Waals surface area contributed by atoms with Crippen LogP contribution in [0.4, 0.5) is 5.69 Å². The molecule has 0 aromatic carbocycles. The second-order valence-electron chi connectivity index (χ2n) is 4.31. The van der Waals surface area contributed by atoms with Gasteiger partial charge in [-0.25, -0.2) is 0 Å². The highest BCUT2D eigenvalue weighted by atomic mass is 16.5. The van der Waals surface area contributed by atoms with Gasteiger partial charge in [0.2, 0.25) is 5.65 Å². The van der Waals surface area contributed by atoms with Gasteiger partial charge in [0.05, 0.1) is 17.5 Å². The summed E-state index contributed by atoms with van der Waals surface area (Å²) in [5.41, 5.74) is 2.66. The van der Waals surface area contributed by atoms with Gasteiger partial charge in [0, 0.05) is 13.2 Å². The molecule has 6 nitrogen and oxygen atoms in total. The maximum Gasteiger partial charge on any atom is 0.200 e. The van der Waals surface area contributed by atoms with E-state index in [1.807, 2.05) is 13.0 Å². The first kappa shape index (κ1) is 10.5. The summed E-state index contributed by atoms with van der Waals surface area (Å²) in [5, 5.41) is 15.6. The number of fused-ring (bicyclic) bond motifs is 1. The monoisotopic (exact) mass is 233 g/mol. The smallest absolute Gasteiger partial charge is 0.200 e. The first-order valence-corrected chi connectivity index (χ1v) is 5.86.